The average molecular weight is 330 g/mol. The fourth-order valence-electron chi connectivity index (χ4n) is 2.74. The quantitative estimate of drug-likeness (QED) is 0.471. The average Bonchev–Trinajstić information content (AvgIpc) is 3.46. The largest absolute Gasteiger partial charge is 0.273 e. The number of nitrogens with one attached hydrogen (secondary N) is 1. The van der Waals surface area contributed by atoms with Crippen molar-refractivity contribution in [3.8, 4) is 0 Å². The highest BCUT2D eigenvalue weighted by Crippen LogP contribution is 2.47. The van der Waals surface area contributed by atoms with Gasteiger partial charge in [0.25, 0.3) is 0 Å². The molecule has 2 aromatic carbocycles. The summed E-state index contributed by atoms with van der Waals surface area (Å²) in [7, 11) is 0. The molecule has 0 saturated heterocycles. The van der Waals surface area contributed by atoms with Crippen LogP contribution in [0.4, 0.5) is 0 Å². The van der Waals surface area contributed by atoms with Crippen LogP contribution < -0.4 is 5.43 Å². The van der Waals surface area contributed by atoms with Crippen molar-refractivity contribution in [1.29, 1.82) is 0 Å². The van der Waals surface area contributed by atoms with Crippen LogP contribution in [0.25, 0.3) is 6.08 Å². The lowest BCUT2D eigenvalue weighted by atomic mass is 10.1. The first kappa shape index (κ1) is 16.9. The number of hydrogen-bond donors (Lipinski definition) is 1. The van der Waals surface area contributed by atoms with Crippen molar-refractivity contribution in [2.75, 3.05) is 0 Å². The number of amides is 1. The van der Waals surface area contributed by atoms with Gasteiger partial charge in [0.15, 0.2) is 0 Å². The third-order valence-corrected chi connectivity index (χ3v) is 4.23. The smallest absolute Gasteiger partial charge is 0.243 e. The number of hydrazone groups is 1. The van der Waals surface area contributed by atoms with Gasteiger partial charge in [-0.25, -0.2) is 5.43 Å². The summed E-state index contributed by atoms with van der Waals surface area (Å²) in [5.74, 6) is 0.378. The van der Waals surface area contributed by atoms with Crippen molar-refractivity contribution in [1.82, 2.24) is 5.43 Å². The van der Waals surface area contributed by atoms with Crippen molar-refractivity contribution >= 4 is 17.7 Å². The summed E-state index contributed by atoms with van der Waals surface area (Å²) in [5.41, 5.74) is 5.82. The molecule has 1 amide bonds. The minimum absolute atomic E-state index is 0.00132. The Bertz CT molecular complexity index is 791. The highest BCUT2D eigenvalue weighted by Gasteiger charge is 2.43. The van der Waals surface area contributed by atoms with Crippen molar-refractivity contribution < 1.29 is 4.79 Å². The topological polar surface area (TPSA) is 41.5 Å². The molecule has 2 atom stereocenters. The maximum Gasteiger partial charge on any atom is 0.243 e. The van der Waals surface area contributed by atoms with Gasteiger partial charge in [0.05, 0.1) is 5.71 Å². The molecule has 0 bridgehead atoms. The summed E-state index contributed by atoms with van der Waals surface area (Å²) in [6.45, 7) is 1.87. The molecule has 1 aliphatic rings. The molecule has 3 rings (SSSR count). The molecule has 0 aliphatic heterocycles. The van der Waals surface area contributed by atoms with Gasteiger partial charge in [0.2, 0.25) is 5.91 Å². The number of allylic oxidation sites excluding steroid dienone is 3. The molecule has 0 unspecified atom stereocenters. The standard InChI is InChI=1S/C22H22N2O/c1-17(10-8-9-13-18-11-4-2-5-12-18)23-24-22(25)21-16-20(21)19-14-6-3-7-15-19/h2-15,20-21H,16H2,1H3,(H,24,25)/b10-8+,13-9+,23-17?/t20-,21+/m0/s1. The lowest BCUT2D eigenvalue weighted by molar-refractivity contribution is -0.122. The van der Waals surface area contributed by atoms with E-state index in [1.807, 2.05) is 79.8 Å². The van der Waals surface area contributed by atoms with E-state index >= 15 is 0 Å². The summed E-state index contributed by atoms with van der Waals surface area (Å²) >= 11 is 0. The predicted molar refractivity (Wildman–Crippen MR) is 103 cm³/mol. The lowest BCUT2D eigenvalue weighted by Gasteiger charge is -2.00. The molecule has 2 aromatic rings. The SMILES string of the molecule is CC(/C=C/C=C/c1ccccc1)=NNC(=O)[C@@H]1C[C@H]1c1ccccc1. The normalized spacial score (nSPS) is 20.1. The Morgan fingerprint density at radius 3 is 2.44 bits per heavy atom. The molecule has 1 saturated carbocycles. The van der Waals surface area contributed by atoms with Gasteiger partial charge in [-0.15, -0.1) is 0 Å². The molecular weight excluding hydrogens is 308 g/mol. The third-order valence-electron chi connectivity index (χ3n) is 4.23. The minimum Gasteiger partial charge on any atom is -0.273 e. The van der Waals surface area contributed by atoms with Crippen molar-refractivity contribution in [2.45, 2.75) is 19.3 Å². The van der Waals surface area contributed by atoms with E-state index in [9.17, 15) is 4.79 Å². The van der Waals surface area contributed by atoms with E-state index in [1.54, 1.807) is 0 Å². The Morgan fingerprint density at radius 2 is 1.72 bits per heavy atom. The van der Waals surface area contributed by atoms with Crippen LogP contribution >= 0.6 is 0 Å². The van der Waals surface area contributed by atoms with Crippen LogP contribution in [0.15, 0.2) is 84.0 Å². The molecule has 3 nitrogen and oxygen atoms in total. The Morgan fingerprint density at radius 1 is 1.04 bits per heavy atom. The first-order valence-electron chi connectivity index (χ1n) is 8.53. The molecule has 126 valence electrons. The van der Waals surface area contributed by atoms with Gasteiger partial charge in [-0.2, -0.15) is 5.10 Å². The zero-order valence-electron chi connectivity index (χ0n) is 14.3. The summed E-state index contributed by atoms with van der Waals surface area (Å²) in [6.07, 6.45) is 8.68. The van der Waals surface area contributed by atoms with E-state index in [2.05, 4.69) is 22.7 Å². The van der Waals surface area contributed by atoms with Crippen LogP contribution in [0.3, 0.4) is 0 Å². The van der Waals surface area contributed by atoms with E-state index < -0.39 is 0 Å². The monoisotopic (exact) mass is 330 g/mol. The number of benzene rings is 2. The molecule has 3 heteroatoms. The second-order valence-electron chi connectivity index (χ2n) is 6.22. The maximum absolute atomic E-state index is 12.2. The molecule has 0 radical (unpaired) electrons. The van der Waals surface area contributed by atoms with Gasteiger partial charge in [0, 0.05) is 5.92 Å². The van der Waals surface area contributed by atoms with Gasteiger partial charge in [-0.1, -0.05) is 78.9 Å². The van der Waals surface area contributed by atoms with Crippen LogP contribution in [0.2, 0.25) is 0 Å². The Balaban J connectivity index is 1.46. The number of carbonyl (C=O) groups is 1. The third kappa shape index (κ3) is 5.01. The number of nitrogens with zero attached hydrogens (tertiary/aromatic N) is 1. The minimum atomic E-state index is 0.00132. The first-order valence-corrected chi connectivity index (χ1v) is 8.53. The van der Waals surface area contributed by atoms with E-state index in [0.29, 0.717) is 5.92 Å². The Hall–Kier alpha value is -2.94. The molecule has 0 aromatic heterocycles. The molecule has 0 spiro atoms. The first-order chi connectivity index (χ1) is 12.2. The second-order valence-corrected chi connectivity index (χ2v) is 6.22. The number of hydrogen-bond acceptors (Lipinski definition) is 2. The zero-order chi connectivity index (χ0) is 17.5. The van der Waals surface area contributed by atoms with Gasteiger partial charge in [0.1, 0.15) is 0 Å². The van der Waals surface area contributed by atoms with Crippen molar-refractivity contribution in [3.63, 3.8) is 0 Å². The molecule has 25 heavy (non-hydrogen) atoms. The van der Waals surface area contributed by atoms with Crippen molar-refractivity contribution in [3.05, 3.63) is 90.0 Å². The van der Waals surface area contributed by atoms with Crippen LogP contribution in [0.1, 0.15) is 30.4 Å². The summed E-state index contributed by atoms with van der Waals surface area (Å²) in [6, 6.07) is 20.3. The van der Waals surface area contributed by atoms with Crippen LogP contribution in [0, 0.1) is 5.92 Å². The van der Waals surface area contributed by atoms with Crippen LogP contribution in [-0.2, 0) is 4.79 Å². The summed E-state index contributed by atoms with van der Waals surface area (Å²) < 4.78 is 0. The van der Waals surface area contributed by atoms with Crippen molar-refractivity contribution in [2.24, 2.45) is 11.0 Å². The summed E-state index contributed by atoms with van der Waals surface area (Å²) in [5, 5.41) is 4.15. The maximum atomic E-state index is 12.2. The molecule has 0 heterocycles. The molecule has 1 aliphatic carbocycles. The highest BCUT2D eigenvalue weighted by molar-refractivity contribution is 5.94. The van der Waals surface area contributed by atoms with Crippen LogP contribution in [-0.4, -0.2) is 11.6 Å². The van der Waals surface area contributed by atoms with Gasteiger partial charge in [-0.3, -0.25) is 4.79 Å². The Labute approximate surface area is 148 Å². The Kier molecular flexibility index (Phi) is 5.57. The fourth-order valence-corrected chi connectivity index (χ4v) is 2.74. The predicted octanol–water partition coefficient (Wildman–Crippen LogP) is 4.55. The number of carbonyl (C=O) groups excluding carboxylic acids is 1. The van der Waals surface area contributed by atoms with E-state index in [4.69, 9.17) is 0 Å². The summed E-state index contributed by atoms with van der Waals surface area (Å²) in [4.78, 5) is 12.2. The second kappa shape index (κ2) is 8.25. The van der Waals surface area contributed by atoms with E-state index in [0.717, 1.165) is 17.7 Å². The number of rotatable bonds is 6. The van der Waals surface area contributed by atoms with E-state index in [-0.39, 0.29) is 11.8 Å². The molecule has 1 N–H and O–H groups in total. The zero-order valence-corrected chi connectivity index (χ0v) is 14.3. The van der Waals surface area contributed by atoms with Gasteiger partial charge in [-0.05, 0) is 36.5 Å². The van der Waals surface area contributed by atoms with E-state index in [1.165, 1.54) is 5.56 Å². The lowest BCUT2D eigenvalue weighted by Crippen LogP contribution is -2.21. The fraction of sp³-hybridized carbons (Fsp3) is 0.182. The van der Waals surface area contributed by atoms with Gasteiger partial charge < -0.3 is 0 Å². The van der Waals surface area contributed by atoms with Crippen LogP contribution in [0.5, 0.6) is 0 Å². The molecular formula is C22H22N2O. The van der Waals surface area contributed by atoms with Gasteiger partial charge >= 0.3 is 0 Å². The molecule has 1 fully saturated rings. The highest BCUT2D eigenvalue weighted by atomic mass is 16.2.